The van der Waals surface area contributed by atoms with Gasteiger partial charge in [-0.3, -0.25) is 0 Å². The third kappa shape index (κ3) is 2.39. The van der Waals surface area contributed by atoms with E-state index in [1.807, 2.05) is 0 Å². The van der Waals surface area contributed by atoms with Gasteiger partial charge in [-0.05, 0) is 36.6 Å². The Morgan fingerprint density at radius 3 is 2.90 bits per heavy atom. The van der Waals surface area contributed by atoms with Crippen LogP contribution in [0, 0.1) is 5.92 Å². The molecule has 2 nitrogen and oxygen atoms in total. The highest BCUT2D eigenvalue weighted by atomic mass is 79.9. The zero-order valence-corrected chi connectivity index (χ0v) is 13.3. The number of hydrogen-bond donors (Lipinski definition) is 1. The van der Waals surface area contributed by atoms with Crippen molar-refractivity contribution < 1.29 is 4.74 Å². The van der Waals surface area contributed by atoms with Crippen molar-refractivity contribution in [3.8, 4) is 0 Å². The monoisotopic (exact) mass is 343 g/mol. The van der Waals surface area contributed by atoms with Crippen LogP contribution in [0.3, 0.4) is 0 Å². The van der Waals surface area contributed by atoms with E-state index in [1.54, 1.807) is 0 Å². The van der Waals surface area contributed by atoms with Gasteiger partial charge in [-0.1, -0.05) is 46.3 Å². The van der Waals surface area contributed by atoms with E-state index in [2.05, 4.69) is 69.8 Å². The number of fused-ring (bicyclic) bond motifs is 3. The summed E-state index contributed by atoms with van der Waals surface area (Å²) in [6, 6.07) is 17.5. The molecule has 0 aromatic heterocycles. The van der Waals surface area contributed by atoms with Crippen LogP contribution < -0.4 is 5.32 Å². The molecule has 2 aliphatic rings. The summed E-state index contributed by atoms with van der Waals surface area (Å²) in [5.74, 6) is 0.503. The first-order chi connectivity index (χ1) is 10.3. The molecule has 0 unspecified atom stereocenters. The fraction of sp³-hybridized carbons (Fsp3) is 0.333. The van der Waals surface area contributed by atoms with Crippen molar-refractivity contribution >= 4 is 21.6 Å². The average molecular weight is 344 g/mol. The molecule has 1 fully saturated rings. The largest absolute Gasteiger partial charge is 0.378 e. The van der Waals surface area contributed by atoms with Crippen LogP contribution in [-0.2, 0) is 4.74 Å². The molecule has 3 heteroatoms. The minimum Gasteiger partial charge on any atom is -0.378 e. The van der Waals surface area contributed by atoms with Crippen LogP contribution in [0.15, 0.2) is 53.0 Å². The number of para-hydroxylation sites is 1. The Morgan fingerprint density at radius 2 is 2.00 bits per heavy atom. The molecule has 3 atom stereocenters. The Kier molecular flexibility index (Phi) is 3.48. The number of hydrogen-bond acceptors (Lipinski definition) is 2. The number of nitrogens with one attached hydrogen (secondary N) is 1. The van der Waals surface area contributed by atoms with Gasteiger partial charge in [0.05, 0.1) is 12.1 Å². The zero-order valence-electron chi connectivity index (χ0n) is 11.8. The first-order valence-corrected chi connectivity index (χ1v) is 8.35. The van der Waals surface area contributed by atoms with E-state index in [1.165, 1.54) is 23.2 Å². The number of ether oxygens (including phenoxy) is 1. The smallest absolute Gasteiger partial charge is 0.0895 e. The van der Waals surface area contributed by atoms with Crippen LogP contribution in [0.4, 0.5) is 5.69 Å². The van der Waals surface area contributed by atoms with Crippen LogP contribution in [0.2, 0.25) is 0 Å². The number of halogens is 1. The fourth-order valence-corrected chi connectivity index (χ4v) is 4.06. The number of benzene rings is 2. The topological polar surface area (TPSA) is 21.3 Å². The maximum atomic E-state index is 6.14. The number of anilines is 1. The Bertz CT molecular complexity index is 657. The highest BCUT2D eigenvalue weighted by Gasteiger charge is 2.39. The van der Waals surface area contributed by atoms with Crippen molar-refractivity contribution in [1.29, 1.82) is 0 Å². The summed E-state index contributed by atoms with van der Waals surface area (Å²) in [6.45, 7) is 0.876. The summed E-state index contributed by atoms with van der Waals surface area (Å²) in [5.41, 5.74) is 3.86. The van der Waals surface area contributed by atoms with Crippen molar-refractivity contribution in [2.45, 2.75) is 25.0 Å². The molecule has 2 aromatic rings. The molecule has 0 aliphatic carbocycles. The molecule has 0 spiro atoms. The van der Waals surface area contributed by atoms with Gasteiger partial charge in [0, 0.05) is 28.2 Å². The molecule has 2 aliphatic heterocycles. The predicted octanol–water partition coefficient (Wildman–Crippen LogP) is 5.08. The summed E-state index contributed by atoms with van der Waals surface area (Å²) in [5, 5.41) is 3.74. The molecule has 0 radical (unpaired) electrons. The molecular formula is C18H18BrNO. The quantitative estimate of drug-likeness (QED) is 0.779. The van der Waals surface area contributed by atoms with E-state index >= 15 is 0 Å². The highest BCUT2D eigenvalue weighted by Crippen LogP contribution is 2.49. The summed E-state index contributed by atoms with van der Waals surface area (Å²) in [7, 11) is 0. The van der Waals surface area contributed by atoms with Crippen molar-refractivity contribution in [1.82, 2.24) is 0 Å². The summed E-state index contributed by atoms with van der Waals surface area (Å²) >= 11 is 3.59. The SMILES string of the molecule is Brc1cccc([C@H]2Nc3ccccc3[C@H]3OCCC[C@@H]23)c1. The lowest BCUT2D eigenvalue weighted by Crippen LogP contribution is -2.35. The van der Waals surface area contributed by atoms with Gasteiger partial charge in [0.25, 0.3) is 0 Å². The van der Waals surface area contributed by atoms with Crippen molar-refractivity contribution in [3.05, 3.63) is 64.1 Å². The second-order valence-electron chi connectivity index (χ2n) is 5.86. The van der Waals surface area contributed by atoms with Crippen LogP contribution in [-0.4, -0.2) is 6.61 Å². The lowest BCUT2D eigenvalue weighted by molar-refractivity contribution is -0.0381. The molecule has 1 N–H and O–H groups in total. The minimum absolute atomic E-state index is 0.222. The normalized spacial score (nSPS) is 27.4. The zero-order chi connectivity index (χ0) is 14.2. The summed E-state index contributed by atoms with van der Waals surface area (Å²) in [4.78, 5) is 0. The Balaban J connectivity index is 1.78. The maximum absolute atomic E-state index is 6.14. The van der Waals surface area contributed by atoms with Gasteiger partial charge in [0.2, 0.25) is 0 Å². The summed E-state index contributed by atoms with van der Waals surface area (Å²) in [6.07, 6.45) is 2.58. The van der Waals surface area contributed by atoms with Gasteiger partial charge in [0.15, 0.2) is 0 Å². The van der Waals surface area contributed by atoms with E-state index in [0.717, 1.165) is 17.5 Å². The van der Waals surface area contributed by atoms with Gasteiger partial charge >= 0.3 is 0 Å². The molecule has 0 saturated carbocycles. The van der Waals surface area contributed by atoms with Gasteiger partial charge in [0.1, 0.15) is 0 Å². The molecule has 1 saturated heterocycles. The van der Waals surface area contributed by atoms with E-state index < -0.39 is 0 Å². The van der Waals surface area contributed by atoms with Gasteiger partial charge in [-0.15, -0.1) is 0 Å². The van der Waals surface area contributed by atoms with Gasteiger partial charge in [-0.25, -0.2) is 0 Å². The van der Waals surface area contributed by atoms with Crippen LogP contribution in [0.1, 0.15) is 36.1 Å². The fourth-order valence-electron chi connectivity index (χ4n) is 3.65. The third-order valence-corrected chi connectivity index (χ3v) is 5.08. The first-order valence-electron chi connectivity index (χ1n) is 7.55. The minimum atomic E-state index is 0.222. The lowest BCUT2D eigenvalue weighted by atomic mass is 9.77. The van der Waals surface area contributed by atoms with E-state index in [9.17, 15) is 0 Å². The average Bonchev–Trinajstić information content (AvgIpc) is 2.54. The molecule has 2 heterocycles. The van der Waals surface area contributed by atoms with Crippen molar-refractivity contribution in [2.24, 2.45) is 5.92 Å². The molecule has 21 heavy (non-hydrogen) atoms. The van der Waals surface area contributed by atoms with Gasteiger partial charge in [-0.2, -0.15) is 0 Å². The van der Waals surface area contributed by atoms with E-state index in [4.69, 9.17) is 4.74 Å². The maximum Gasteiger partial charge on any atom is 0.0895 e. The highest BCUT2D eigenvalue weighted by molar-refractivity contribution is 9.10. The molecule has 108 valence electrons. The molecule has 0 amide bonds. The van der Waals surface area contributed by atoms with Crippen molar-refractivity contribution in [2.75, 3.05) is 11.9 Å². The Morgan fingerprint density at radius 1 is 1.10 bits per heavy atom. The molecular weight excluding hydrogens is 326 g/mol. The molecule has 2 aromatic carbocycles. The van der Waals surface area contributed by atoms with E-state index in [0.29, 0.717) is 12.0 Å². The van der Waals surface area contributed by atoms with Crippen molar-refractivity contribution in [3.63, 3.8) is 0 Å². The Hall–Kier alpha value is -1.32. The summed E-state index contributed by atoms with van der Waals surface area (Å²) < 4.78 is 7.27. The van der Waals surface area contributed by atoms with Crippen LogP contribution >= 0.6 is 15.9 Å². The second kappa shape index (κ2) is 5.47. The van der Waals surface area contributed by atoms with Crippen LogP contribution in [0.25, 0.3) is 0 Å². The third-order valence-electron chi connectivity index (χ3n) is 4.58. The van der Waals surface area contributed by atoms with Gasteiger partial charge < -0.3 is 10.1 Å². The van der Waals surface area contributed by atoms with E-state index in [-0.39, 0.29) is 6.10 Å². The first kappa shape index (κ1) is 13.4. The molecule has 4 rings (SSSR count). The van der Waals surface area contributed by atoms with Crippen LogP contribution in [0.5, 0.6) is 0 Å². The second-order valence-corrected chi connectivity index (χ2v) is 6.78. The number of rotatable bonds is 1. The lowest BCUT2D eigenvalue weighted by Gasteiger charge is -2.43. The predicted molar refractivity (Wildman–Crippen MR) is 88.4 cm³/mol. The Labute approximate surface area is 133 Å². The molecule has 0 bridgehead atoms. The standard InChI is InChI=1S/C18H18BrNO/c19-13-6-3-5-12(11-13)17-15-8-4-10-21-18(15)14-7-1-2-9-16(14)20-17/h1-3,5-7,9,11,15,17-18,20H,4,8,10H2/t15-,17+,18+/m0/s1.